The Morgan fingerprint density at radius 1 is 1.35 bits per heavy atom. The highest BCUT2D eigenvalue weighted by Gasteiger charge is 2.68. The van der Waals surface area contributed by atoms with Gasteiger partial charge < -0.3 is 19.4 Å². The first kappa shape index (κ1) is 12.7. The topological polar surface area (TPSA) is 64.6 Å². The van der Waals surface area contributed by atoms with Crippen LogP contribution in [0, 0.1) is 12.7 Å². The summed E-state index contributed by atoms with van der Waals surface area (Å²) in [4.78, 5) is 24.0. The molecule has 1 unspecified atom stereocenters. The molecule has 0 saturated carbocycles. The number of para-hydroxylation sites is 1. The fraction of sp³-hybridized carbons (Fsp3) is 0.214. The SMILES string of the molecule is C=C1C[C+]2CC(=O)O[B-]2(C(=O)Nc2ccccc2C)O1. The first-order chi connectivity index (χ1) is 9.51. The Balaban J connectivity index is 1.88. The molecule has 0 aliphatic carbocycles. The maximum Gasteiger partial charge on any atom is 0.641 e. The van der Waals surface area contributed by atoms with Crippen molar-refractivity contribution in [1.29, 1.82) is 0 Å². The highest BCUT2D eigenvalue weighted by Crippen LogP contribution is 2.44. The molecule has 5 nitrogen and oxygen atoms in total. The van der Waals surface area contributed by atoms with E-state index in [4.69, 9.17) is 9.31 Å². The van der Waals surface area contributed by atoms with Gasteiger partial charge in [-0.1, -0.05) is 24.8 Å². The van der Waals surface area contributed by atoms with Gasteiger partial charge in [-0.15, -0.1) is 0 Å². The molecule has 0 aromatic heterocycles. The molecule has 1 N–H and O–H groups in total. The summed E-state index contributed by atoms with van der Waals surface area (Å²) in [6.07, 6.45) is 0.535. The van der Waals surface area contributed by atoms with E-state index in [0.717, 1.165) is 5.56 Å². The second-order valence-corrected chi connectivity index (χ2v) is 5.17. The second kappa shape index (κ2) is 4.33. The van der Waals surface area contributed by atoms with Crippen molar-refractivity contribution in [3.8, 4) is 0 Å². The van der Waals surface area contributed by atoms with Gasteiger partial charge in [0.05, 0.1) is 5.76 Å². The number of hydrogen-bond acceptors (Lipinski definition) is 4. The highest BCUT2D eigenvalue weighted by molar-refractivity contribution is 7.04. The fourth-order valence-electron chi connectivity index (χ4n) is 2.70. The van der Waals surface area contributed by atoms with Gasteiger partial charge in [0, 0.05) is 11.5 Å². The number of anilines is 1. The number of carbonyl (C=O) groups is 2. The first-order valence-corrected chi connectivity index (χ1v) is 6.46. The number of carbonyl (C=O) groups excluding carboxylic acids is 2. The lowest BCUT2D eigenvalue weighted by atomic mass is 9.48. The van der Waals surface area contributed by atoms with Crippen molar-refractivity contribution in [3.63, 3.8) is 0 Å². The molecule has 1 atom stereocenters. The molecule has 1 aromatic rings. The number of hydrogen-bond donors (Lipinski definition) is 1. The molecule has 0 radical (unpaired) electrons. The van der Waals surface area contributed by atoms with E-state index in [0.29, 0.717) is 23.7 Å². The number of rotatable bonds is 2. The molecule has 20 heavy (non-hydrogen) atoms. The predicted octanol–water partition coefficient (Wildman–Crippen LogP) is 2.55. The van der Waals surface area contributed by atoms with E-state index in [9.17, 15) is 9.59 Å². The molecule has 2 aliphatic heterocycles. The van der Waals surface area contributed by atoms with Crippen molar-refractivity contribution >= 4 is 24.0 Å². The summed E-state index contributed by atoms with van der Waals surface area (Å²) >= 11 is 0. The average molecular weight is 271 g/mol. The Labute approximate surface area is 116 Å². The van der Waals surface area contributed by atoms with Crippen molar-refractivity contribution in [1.82, 2.24) is 0 Å². The highest BCUT2D eigenvalue weighted by atomic mass is 16.6. The molecule has 2 fully saturated rings. The van der Waals surface area contributed by atoms with E-state index in [2.05, 4.69) is 11.9 Å². The van der Waals surface area contributed by atoms with Crippen molar-refractivity contribution < 1.29 is 18.9 Å². The van der Waals surface area contributed by atoms with Gasteiger partial charge in [0.2, 0.25) is 5.81 Å². The normalized spacial score (nSPS) is 24.1. The number of aryl methyl sites for hydroxylation is 1. The maximum atomic E-state index is 12.5. The summed E-state index contributed by atoms with van der Waals surface area (Å²) in [5.41, 5.74) is 1.60. The standard InChI is InChI=1S/C14H14BNO4/c1-9-5-3-4-6-12(9)16-14(18)15-11(7-10(2)19-15)8-13(17)20-15/h3-6H,2,7-8H2,1H3,(H,16,18). The molecule has 3 rings (SSSR count). The zero-order valence-electron chi connectivity index (χ0n) is 11.1. The molecule has 6 heteroatoms. The summed E-state index contributed by atoms with van der Waals surface area (Å²) in [7, 11) is 0. The van der Waals surface area contributed by atoms with Crippen molar-refractivity contribution in [2.75, 3.05) is 5.32 Å². The molecule has 102 valence electrons. The Morgan fingerprint density at radius 2 is 2.10 bits per heavy atom. The minimum absolute atomic E-state index is 0.125. The molecule has 2 saturated heterocycles. The zero-order valence-corrected chi connectivity index (χ0v) is 11.1. The Morgan fingerprint density at radius 3 is 2.85 bits per heavy atom. The molecule has 1 amide bonds. The fourth-order valence-corrected chi connectivity index (χ4v) is 2.70. The van der Waals surface area contributed by atoms with Gasteiger partial charge >= 0.3 is 12.5 Å². The largest absolute Gasteiger partial charge is 0.641 e. The monoisotopic (exact) mass is 271 g/mol. The number of allylic oxidation sites excluding steroid dienone is 1. The molecule has 1 aromatic carbocycles. The van der Waals surface area contributed by atoms with Crippen LogP contribution in [0.2, 0.25) is 0 Å². The van der Waals surface area contributed by atoms with Crippen LogP contribution in [0.3, 0.4) is 0 Å². The van der Waals surface area contributed by atoms with Gasteiger partial charge in [0.15, 0.2) is 0 Å². The molecule has 0 bridgehead atoms. The first-order valence-electron chi connectivity index (χ1n) is 6.46. The van der Waals surface area contributed by atoms with Gasteiger partial charge in [0.1, 0.15) is 12.8 Å². The van der Waals surface area contributed by atoms with Crippen LogP contribution in [-0.4, -0.2) is 18.3 Å². The van der Waals surface area contributed by atoms with Crippen LogP contribution in [0.5, 0.6) is 0 Å². The van der Waals surface area contributed by atoms with Gasteiger partial charge in [-0.3, -0.25) is 4.79 Å². The van der Waals surface area contributed by atoms with Crippen LogP contribution in [0.1, 0.15) is 18.4 Å². The van der Waals surface area contributed by atoms with Crippen LogP contribution in [0.25, 0.3) is 0 Å². The predicted molar refractivity (Wildman–Crippen MR) is 74.7 cm³/mol. The Kier molecular flexibility index (Phi) is 2.74. The third kappa shape index (κ3) is 1.84. The Bertz CT molecular complexity index is 593. The summed E-state index contributed by atoms with van der Waals surface area (Å²) in [6.45, 7) is 3.22. The number of amides is 1. The third-order valence-electron chi connectivity index (χ3n) is 3.71. The van der Waals surface area contributed by atoms with Crippen LogP contribution >= 0.6 is 0 Å². The third-order valence-corrected chi connectivity index (χ3v) is 3.71. The van der Waals surface area contributed by atoms with E-state index >= 15 is 0 Å². The molecular formula is C14H14BNO4. The minimum Gasteiger partial charge on any atom is -0.637 e. The maximum absolute atomic E-state index is 12.5. The minimum atomic E-state index is -2.39. The van der Waals surface area contributed by atoms with Crippen LogP contribution < -0.4 is 5.32 Å². The van der Waals surface area contributed by atoms with Gasteiger partial charge in [-0.2, -0.15) is 0 Å². The lowest BCUT2D eigenvalue weighted by Crippen LogP contribution is -2.51. The van der Waals surface area contributed by atoms with Crippen LogP contribution in [0.15, 0.2) is 36.6 Å². The summed E-state index contributed by atoms with van der Waals surface area (Å²) in [5, 5.41) is 2.78. The quantitative estimate of drug-likeness (QED) is 0.663. The van der Waals surface area contributed by atoms with E-state index < -0.39 is 18.3 Å². The average Bonchev–Trinajstić information content (AvgIpc) is 2.84. The lowest BCUT2D eigenvalue weighted by Gasteiger charge is -2.25. The zero-order chi connectivity index (χ0) is 14.3. The molecular weight excluding hydrogens is 257 g/mol. The second-order valence-electron chi connectivity index (χ2n) is 5.17. The van der Waals surface area contributed by atoms with Gasteiger partial charge in [0.25, 0.3) is 0 Å². The van der Waals surface area contributed by atoms with E-state index in [1.54, 1.807) is 6.07 Å². The molecule has 2 heterocycles. The smallest absolute Gasteiger partial charge is 0.637 e. The lowest BCUT2D eigenvalue weighted by molar-refractivity contribution is -0.133. The van der Waals surface area contributed by atoms with E-state index in [1.165, 1.54) is 0 Å². The van der Waals surface area contributed by atoms with E-state index in [1.807, 2.05) is 25.1 Å². The van der Waals surface area contributed by atoms with Crippen molar-refractivity contribution in [3.05, 3.63) is 48.0 Å². The van der Waals surface area contributed by atoms with Crippen molar-refractivity contribution in [2.45, 2.75) is 19.8 Å². The van der Waals surface area contributed by atoms with E-state index in [-0.39, 0.29) is 6.42 Å². The van der Waals surface area contributed by atoms with Crippen LogP contribution in [-0.2, 0) is 14.1 Å². The number of benzene rings is 1. The number of fused-ring (bicyclic) bond motifs is 1. The Hall–Kier alpha value is -2.37. The summed E-state index contributed by atoms with van der Waals surface area (Å²) < 4.78 is 10.7. The van der Waals surface area contributed by atoms with Crippen molar-refractivity contribution in [2.24, 2.45) is 0 Å². The van der Waals surface area contributed by atoms with Crippen LogP contribution in [0.4, 0.5) is 10.5 Å². The van der Waals surface area contributed by atoms with Gasteiger partial charge in [-0.25, -0.2) is 0 Å². The summed E-state index contributed by atoms with van der Waals surface area (Å²) in [5.74, 6) is 0.282. The molecule has 2 aliphatic rings. The number of nitrogens with one attached hydrogen (secondary N) is 1. The van der Waals surface area contributed by atoms with Gasteiger partial charge in [-0.05, 0) is 18.6 Å². The molecule has 0 spiro atoms. The summed E-state index contributed by atoms with van der Waals surface area (Å²) in [6, 6.07) is 7.39.